The summed E-state index contributed by atoms with van der Waals surface area (Å²) in [5.74, 6) is -0.436. The molecule has 0 saturated carbocycles. The van der Waals surface area contributed by atoms with Gasteiger partial charge >= 0.3 is 6.18 Å². The number of hydrogen-bond acceptors (Lipinski definition) is 2. The van der Waals surface area contributed by atoms with Crippen molar-refractivity contribution in [3.05, 3.63) is 28.3 Å². The van der Waals surface area contributed by atoms with Gasteiger partial charge in [0, 0.05) is 6.07 Å². The van der Waals surface area contributed by atoms with Crippen molar-refractivity contribution in [2.24, 2.45) is 0 Å². The fourth-order valence-corrected chi connectivity index (χ4v) is 1.58. The zero-order valence-corrected chi connectivity index (χ0v) is 9.95. The van der Waals surface area contributed by atoms with Gasteiger partial charge in [-0.3, -0.25) is 4.79 Å². The lowest BCUT2D eigenvalue weighted by atomic mass is 10.1. The molecule has 0 bridgehead atoms. The van der Waals surface area contributed by atoms with Crippen LogP contribution in [0, 0.1) is 0 Å². The minimum absolute atomic E-state index is 0.0676. The average Bonchev–Trinajstić information content (AvgIpc) is 2.15. The molecule has 1 aromatic carbocycles. The number of hydrogen-bond donors (Lipinski definition) is 0. The summed E-state index contributed by atoms with van der Waals surface area (Å²) in [5, 5.41) is -0.481. The maximum absolute atomic E-state index is 12.6. The Hall–Kier alpha value is -1.23. The molecule has 6 heteroatoms. The molecule has 0 fully saturated rings. The first-order chi connectivity index (χ1) is 7.77. The second-order valence-corrected chi connectivity index (χ2v) is 3.72. The van der Waals surface area contributed by atoms with Crippen molar-refractivity contribution >= 4 is 17.4 Å². The van der Waals surface area contributed by atoms with Gasteiger partial charge in [0.25, 0.3) is 0 Å². The van der Waals surface area contributed by atoms with Gasteiger partial charge in [-0.2, -0.15) is 13.2 Å². The third-order valence-corrected chi connectivity index (χ3v) is 2.37. The lowest BCUT2D eigenvalue weighted by Crippen LogP contribution is -2.09. The molecule has 0 aromatic heterocycles. The van der Waals surface area contributed by atoms with Crippen LogP contribution in [-0.4, -0.2) is 12.4 Å². The van der Waals surface area contributed by atoms with Crippen molar-refractivity contribution in [2.45, 2.75) is 20.0 Å². The SMILES string of the molecule is CCOc1cc(Cl)c(C(F)(F)F)cc1C(C)=O. The van der Waals surface area contributed by atoms with Crippen LogP contribution in [0.15, 0.2) is 12.1 Å². The fourth-order valence-electron chi connectivity index (χ4n) is 1.32. The van der Waals surface area contributed by atoms with E-state index in [4.69, 9.17) is 16.3 Å². The normalized spacial score (nSPS) is 11.4. The van der Waals surface area contributed by atoms with E-state index in [0.717, 1.165) is 12.1 Å². The van der Waals surface area contributed by atoms with Gasteiger partial charge in [-0.1, -0.05) is 11.6 Å². The van der Waals surface area contributed by atoms with Gasteiger partial charge in [0.15, 0.2) is 5.78 Å². The van der Waals surface area contributed by atoms with E-state index >= 15 is 0 Å². The van der Waals surface area contributed by atoms with Gasteiger partial charge in [0.1, 0.15) is 5.75 Å². The fraction of sp³-hybridized carbons (Fsp3) is 0.364. The van der Waals surface area contributed by atoms with E-state index in [1.807, 2.05) is 0 Å². The number of halogens is 4. The van der Waals surface area contributed by atoms with Gasteiger partial charge in [0.2, 0.25) is 0 Å². The van der Waals surface area contributed by atoms with Crippen molar-refractivity contribution in [3.8, 4) is 5.75 Å². The lowest BCUT2D eigenvalue weighted by molar-refractivity contribution is -0.137. The summed E-state index contributed by atoms with van der Waals surface area (Å²) in [5.41, 5.74) is -1.16. The Morgan fingerprint density at radius 2 is 2.00 bits per heavy atom. The quantitative estimate of drug-likeness (QED) is 0.774. The Morgan fingerprint density at radius 3 is 2.41 bits per heavy atom. The van der Waals surface area contributed by atoms with Crippen molar-refractivity contribution < 1.29 is 22.7 Å². The Morgan fingerprint density at radius 1 is 1.41 bits per heavy atom. The van der Waals surface area contributed by atoms with Crippen LogP contribution in [0.2, 0.25) is 5.02 Å². The number of Topliss-reactive ketones (excluding diaryl/α,β-unsaturated/α-hetero) is 1. The van der Waals surface area contributed by atoms with Crippen molar-refractivity contribution in [1.82, 2.24) is 0 Å². The minimum Gasteiger partial charge on any atom is -0.493 e. The topological polar surface area (TPSA) is 26.3 Å². The summed E-state index contributed by atoms with van der Waals surface area (Å²) in [4.78, 5) is 11.2. The molecule has 0 amide bonds. The van der Waals surface area contributed by atoms with Crippen molar-refractivity contribution in [3.63, 3.8) is 0 Å². The summed E-state index contributed by atoms with van der Waals surface area (Å²) < 4.78 is 42.8. The molecule has 0 heterocycles. The monoisotopic (exact) mass is 266 g/mol. The van der Waals surface area contributed by atoms with Crippen LogP contribution >= 0.6 is 11.6 Å². The molecule has 0 aliphatic heterocycles. The molecule has 94 valence electrons. The largest absolute Gasteiger partial charge is 0.493 e. The van der Waals surface area contributed by atoms with Gasteiger partial charge in [0.05, 0.1) is 22.8 Å². The molecule has 0 aliphatic carbocycles. The molecule has 0 atom stereocenters. The molecule has 0 saturated heterocycles. The number of carbonyl (C=O) groups excluding carboxylic acids is 1. The van der Waals surface area contributed by atoms with Gasteiger partial charge in [-0.15, -0.1) is 0 Å². The van der Waals surface area contributed by atoms with Crippen LogP contribution in [0.3, 0.4) is 0 Å². The summed E-state index contributed by atoms with van der Waals surface area (Å²) in [6, 6.07) is 1.74. The first-order valence-corrected chi connectivity index (χ1v) is 5.19. The number of alkyl halides is 3. The molecule has 1 aromatic rings. The highest BCUT2D eigenvalue weighted by molar-refractivity contribution is 6.31. The second kappa shape index (κ2) is 4.96. The van der Waals surface area contributed by atoms with Gasteiger partial charge < -0.3 is 4.74 Å². The summed E-state index contributed by atoms with van der Waals surface area (Å²) in [6.07, 6.45) is -4.59. The third-order valence-electron chi connectivity index (χ3n) is 2.05. The first kappa shape index (κ1) is 13.8. The Labute approximate surface area is 101 Å². The van der Waals surface area contributed by atoms with Crippen LogP contribution in [0.5, 0.6) is 5.75 Å². The zero-order valence-electron chi connectivity index (χ0n) is 9.19. The molecule has 17 heavy (non-hydrogen) atoms. The number of ether oxygens (including phenoxy) is 1. The summed E-state index contributed by atoms with van der Waals surface area (Å²) in [6.45, 7) is 3.07. The van der Waals surface area contributed by atoms with E-state index in [1.165, 1.54) is 6.92 Å². The Balaban J connectivity index is 3.40. The Kier molecular flexibility index (Phi) is 4.03. The van der Waals surface area contributed by atoms with Crippen LogP contribution in [0.1, 0.15) is 29.8 Å². The van der Waals surface area contributed by atoms with E-state index in [1.54, 1.807) is 6.92 Å². The lowest BCUT2D eigenvalue weighted by Gasteiger charge is -2.14. The molecule has 0 N–H and O–H groups in total. The molecular weight excluding hydrogens is 257 g/mol. The highest BCUT2D eigenvalue weighted by Crippen LogP contribution is 2.38. The summed E-state index contributed by atoms with van der Waals surface area (Å²) in [7, 11) is 0. The second-order valence-electron chi connectivity index (χ2n) is 3.32. The molecule has 1 rings (SSSR count). The van der Waals surface area contributed by atoms with E-state index < -0.39 is 22.5 Å². The highest BCUT2D eigenvalue weighted by atomic mass is 35.5. The van der Waals surface area contributed by atoms with E-state index in [0.29, 0.717) is 0 Å². The smallest absolute Gasteiger partial charge is 0.417 e. The number of rotatable bonds is 3. The maximum atomic E-state index is 12.6. The Bertz CT molecular complexity index is 441. The van der Waals surface area contributed by atoms with Gasteiger partial charge in [-0.05, 0) is 19.9 Å². The van der Waals surface area contributed by atoms with Crippen LogP contribution in [-0.2, 0) is 6.18 Å². The maximum Gasteiger partial charge on any atom is 0.417 e. The molecule has 2 nitrogen and oxygen atoms in total. The van der Waals surface area contributed by atoms with Crippen LogP contribution in [0.4, 0.5) is 13.2 Å². The highest BCUT2D eigenvalue weighted by Gasteiger charge is 2.34. The average molecular weight is 267 g/mol. The van der Waals surface area contributed by atoms with Crippen molar-refractivity contribution in [1.29, 1.82) is 0 Å². The standard InChI is InChI=1S/C11H10ClF3O2/c1-3-17-10-5-9(12)8(11(13,14)15)4-7(10)6(2)16/h4-5H,3H2,1-2H3. The van der Waals surface area contributed by atoms with Gasteiger partial charge in [-0.25, -0.2) is 0 Å². The zero-order chi connectivity index (χ0) is 13.2. The third kappa shape index (κ3) is 3.12. The van der Waals surface area contributed by atoms with E-state index in [-0.39, 0.29) is 17.9 Å². The van der Waals surface area contributed by atoms with Crippen LogP contribution < -0.4 is 4.74 Å². The first-order valence-electron chi connectivity index (χ1n) is 4.81. The molecular formula is C11H10ClF3O2. The predicted molar refractivity (Wildman–Crippen MR) is 57.6 cm³/mol. The number of ketones is 1. The molecule has 0 aliphatic rings. The van der Waals surface area contributed by atoms with E-state index in [2.05, 4.69) is 0 Å². The number of carbonyl (C=O) groups is 1. The van der Waals surface area contributed by atoms with Crippen molar-refractivity contribution in [2.75, 3.05) is 6.61 Å². The minimum atomic E-state index is -4.59. The molecule has 0 unspecified atom stereocenters. The van der Waals surface area contributed by atoms with E-state index in [9.17, 15) is 18.0 Å². The number of benzene rings is 1. The molecule has 0 spiro atoms. The van der Waals surface area contributed by atoms with Crippen LogP contribution in [0.25, 0.3) is 0 Å². The predicted octanol–water partition coefficient (Wildman–Crippen LogP) is 3.96. The molecule has 0 radical (unpaired) electrons. The summed E-state index contributed by atoms with van der Waals surface area (Å²) >= 11 is 5.52.